The molecule has 3 nitrogen and oxygen atoms in total. The molecule has 0 heterocycles. The number of ether oxygens (including phenoxy) is 1. The third-order valence-electron chi connectivity index (χ3n) is 2.52. The van der Waals surface area contributed by atoms with Crippen LogP contribution in [0.2, 0.25) is 0 Å². The van der Waals surface area contributed by atoms with E-state index in [0.717, 1.165) is 11.8 Å². The van der Waals surface area contributed by atoms with E-state index >= 15 is 0 Å². The number of Topliss-reactive ketones (excluding diaryl/α,β-unsaturated/α-hetero) is 1. The topological polar surface area (TPSA) is 43.4 Å². The molecule has 1 aromatic carbocycles. The second kappa shape index (κ2) is 3.25. The van der Waals surface area contributed by atoms with E-state index < -0.39 is 5.92 Å². The first-order valence-corrected chi connectivity index (χ1v) is 4.42. The van der Waals surface area contributed by atoms with Gasteiger partial charge in [0, 0.05) is 5.56 Å². The Labute approximate surface area is 81.7 Å². The van der Waals surface area contributed by atoms with Crippen molar-refractivity contribution in [3.8, 4) is 5.75 Å². The highest BCUT2D eigenvalue weighted by Crippen LogP contribution is 2.28. The molecular weight excluding hydrogens is 180 g/mol. The molecule has 0 bridgehead atoms. The Morgan fingerprint density at radius 1 is 1.50 bits per heavy atom. The predicted molar refractivity (Wildman–Crippen MR) is 50.6 cm³/mol. The van der Waals surface area contributed by atoms with Crippen LogP contribution in [-0.4, -0.2) is 19.2 Å². The predicted octanol–water partition coefficient (Wildman–Crippen LogP) is 1.25. The molecule has 0 radical (unpaired) electrons. The minimum Gasteiger partial charge on any atom is -0.497 e. The lowest BCUT2D eigenvalue weighted by molar-refractivity contribution is -0.109. The van der Waals surface area contributed by atoms with Gasteiger partial charge in [-0.2, -0.15) is 0 Å². The smallest absolute Gasteiger partial charge is 0.173 e. The molecule has 1 atom stereocenters. The fraction of sp³-hybridized carbons (Fsp3) is 0.273. The summed E-state index contributed by atoms with van der Waals surface area (Å²) >= 11 is 0. The first kappa shape index (κ1) is 8.94. The maximum absolute atomic E-state index is 11.6. The molecule has 14 heavy (non-hydrogen) atoms. The van der Waals surface area contributed by atoms with Gasteiger partial charge in [-0.05, 0) is 24.1 Å². The van der Waals surface area contributed by atoms with E-state index in [1.54, 1.807) is 19.2 Å². The van der Waals surface area contributed by atoms with Crippen LogP contribution in [0.25, 0.3) is 0 Å². The molecule has 0 aliphatic heterocycles. The largest absolute Gasteiger partial charge is 0.497 e. The van der Waals surface area contributed by atoms with Gasteiger partial charge >= 0.3 is 0 Å². The second-order valence-corrected chi connectivity index (χ2v) is 3.33. The van der Waals surface area contributed by atoms with Gasteiger partial charge in [-0.1, -0.05) is 6.07 Å². The number of benzene rings is 1. The van der Waals surface area contributed by atoms with Crippen molar-refractivity contribution in [2.24, 2.45) is 5.92 Å². The molecule has 0 aromatic heterocycles. The number of hydrogen-bond acceptors (Lipinski definition) is 3. The van der Waals surface area contributed by atoms with Crippen LogP contribution in [0.4, 0.5) is 0 Å². The lowest BCUT2D eigenvalue weighted by Gasteiger charge is -2.01. The number of methoxy groups -OCH3 is 1. The highest BCUT2D eigenvalue weighted by molar-refractivity contribution is 6.09. The van der Waals surface area contributed by atoms with Crippen LogP contribution in [0.1, 0.15) is 15.9 Å². The Kier molecular flexibility index (Phi) is 2.08. The number of hydrogen-bond donors (Lipinski definition) is 0. The van der Waals surface area contributed by atoms with Crippen LogP contribution in [0.3, 0.4) is 0 Å². The van der Waals surface area contributed by atoms with Gasteiger partial charge in [0.1, 0.15) is 12.0 Å². The molecule has 1 aliphatic carbocycles. The zero-order chi connectivity index (χ0) is 10.1. The Balaban J connectivity index is 2.44. The molecule has 1 aliphatic rings. The van der Waals surface area contributed by atoms with Gasteiger partial charge in [-0.3, -0.25) is 4.79 Å². The molecule has 1 unspecified atom stereocenters. The summed E-state index contributed by atoms with van der Waals surface area (Å²) in [6, 6.07) is 5.34. The standard InChI is InChI=1S/C11H10O3/c1-14-9-3-2-7-4-8(6-12)11(13)10(7)5-9/h2-3,5-6,8H,4H2,1H3. The number of aldehydes is 1. The summed E-state index contributed by atoms with van der Waals surface area (Å²) in [7, 11) is 1.55. The third kappa shape index (κ3) is 1.21. The molecule has 3 heteroatoms. The van der Waals surface area contributed by atoms with Crippen molar-refractivity contribution in [2.75, 3.05) is 7.11 Å². The number of ketones is 1. The molecule has 0 spiro atoms. The average Bonchev–Trinajstić information content (AvgIpc) is 2.55. The Morgan fingerprint density at radius 3 is 2.93 bits per heavy atom. The van der Waals surface area contributed by atoms with Crippen molar-refractivity contribution >= 4 is 12.1 Å². The molecule has 2 rings (SSSR count). The maximum atomic E-state index is 11.6. The van der Waals surface area contributed by atoms with Crippen molar-refractivity contribution in [3.05, 3.63) is 29.3 Å². The number of rotatable bonds is 2. The number of carbonyl (C=O) groups is 2. The Morgan fingerprint density at radius 2 is 2.29 bits per heavy atom. The van der Waals surface area contributed by atoms with E-state index in [4.69, 9.17) is 4.74 Å². The molecular formula is C11H10O3. The van der Waals surface area contributed by atoms with Crippen molar-refractivity contribution < 1.29 is 14.3 Å². The van der Waals surface area contributed by atoms with Crippen LogP contribution in [0.5, 0.6) is 5.75 Å². The summed E-state index contributed by atoms with van der Waals surface area (Å²) in [6.07, 6.45) is 1.25. The molecule has 0 saturated heterocycles. The first-order chi connectivity index (χ1) is 6.76. The van der Waals surface area contributed by atoms with Crippen LogP contribution in [0, 0.1) is 5.92 Å². The van der Waals surface area contributed by atoms with Crippen LogP contribution < -0.4 is 4.74 Å². The van der Waals surface area contributed by atoms with Gasteiger partial charge < -0.3 is 9.53 Å². The van der Waals surface area contributed by atoms with Crippen LogP contribution in [0.15, 0.2) is 18.2 Å². The van der Waals surface area contributed by atoms with E-state index in [1.165, 1.54) is 0 Å². The normalized spacial score (nSPS) is 19.2. The summed E-state index contributed by atoms with van der Waals surface area (Å²) in [5.41, 5.74) is 1.56. The maximum Gasteiger partial charge on any atom is 0.173 e. The Hall–Kier alpha value is -1.64. The van der Waals surface area contributed by atoms with E-state index in [9.17, 15) is 9.59 Å². The first-order valence-electron chi connectivity index (χ1n) is 4.42. The fourth-order valence-corrected chi connectivity index (χ4v) is 1.73. The van der Waals surface area contributed by atoms with Crippen molar-refractivity contribution in [3.63, 3.8) is 0 Å². The van der Waals surface area contributed by atoms with E-state index in [0.29, 0.717) is 17.7 Å². The molecule has 1 aromatic rings. The van der Waals surface area contributed by atoms with Gasteiger partial charge in [-0.15, -0.1) is 0 Å². The SMILES string of the molecule is COc1ccc2c(c1)C(=O)C(C=O)C2. The van der Waals surface area contributed by atoms with Gasteiger partial charge in [-0.25, -0.2) is 0 Å². The van der Waals surface area contributed by atoms with Crippen molar-refractivity contribution in [1.29, 1.82) is 0 Å². The van der Waals surface area contributed by atoms with Crippen molar-refractivity contribution in [1.82, 2.24) is 0 Å². The van der Waals surface area contributed by atoms with Crippen LogP contribution in [-0.2, 0) is 11.2 Å². The zero-order valence-corrected chi connectivity index (χ0v) is 7.82. The highest BCUT2D eigenvalue weighted by Gasteiger charge is 2.30. The van der Waals surface area contributed by atoms with E-state index in [-0.39, 0.29) is 5.78 Å². The molecule has 0 amide bonds. The fourth-order valence-electron chi connectivity index (χ4n) is 1.73. The Bertz CT molecular complexity index is 396. The highest BCUT2D eigenvalue weighted by atomic mass is 16.5. The summed E-state index contributed by atoms with van der Waals surface area (Å²) in [5, 5.41) is 0. The minimum absolute atomic E-state index is 0.0890. The molecule has 0 N–H and O–H groups in total. The summed E-state index contributed by atoms with van der Waals surface area (Å²) < 4.78 is 5.02. The molecule has 72 valence electrons. The molecule has 0 fully saturated rings. The minimum atomic E-state index is -0.489. The van der Waals surface area contributed by atoms with E-state index in [1.807, 2.05) is 6.07 Å². The van der Waals surface area contributed by atoms with Crippen LogP contribution >= 0.6 is 0 Å². The quantitative estimate of drug-likeness (QED) is 0.520. The molecule has 0 saturated carbocycles. The monoisotopic (exact) mass is 190 g/mol. The number of fused-ring (bicyclic) bond motifs is 1. The van der Waals surface area contributed by atoms with Crippen molar-refractivity contribution in [2.45, 2.75) is 6.42 Å². The summed E-state index contributed by atoms with van der Waals surface area (Å²) in [4.78, 5) is 22.2. The summed E-state index contributed by atoms with van der Waals surface area (Å²) in [6.45, 7) is 0. The number of carbonyl (C=O) groups excluding carboxylic acids is 2. The zero-order valence-electron chi connectivity index (χ0n) is 7.82. The van der Waals surface area contributed by atoms with Gasteiger partial charge in [0.15, 0.2) is 5.78 Å². The van der Waals surface area contributed by atoms with Gasteiger partial charge in [0.25, 0.3) is 0 Å². The summed E-state index contributed by atoms with van der Waals surface area (Å²) in [5.74, 6) is 0.0784. The third-order valence-corrected chi connectivity index (χ3v) is 2.52. The lowest BCUT2D eigenvalue weighted by atomic mass is 10.1. The van der Waals surface area contributed by atoms with Gasteiger partial charge in [0.2, 0.25) is 0 Å². The van der Waals surface area contributed by atoms with E-state index in [2.05, 4.69) is 0 Å². The van der Waals surface area contributed by atoms with Gasteiger partial charge in [0.05, 0.1) is 13.0 Å². The average molecular weight is 190 g/mol. The lowest BCUT2D eigenvalue weighted by Crippen LogP contribution is -2.09. The second-order valence-electron chi connectivity index (χ2n) is 3.33.